The summed E-state index contributed by atoms with van der Waals surface area (Å²) in [5.41, 5.74) is 0.708. The van der Waals surface area contributed by atoms with E-state index in [0.29, 0.717) is 18.6 Å². The number of fused-ring (bicyclic) bond motifs is 1. The van der Waals surface area contributed by atoms with Crippen molar-refractivity contribution in [3.05, 3.63) is 23.9 Å². The molecule has 1 aliphatic rings. The number of anilines is 1. The van der Waals surface area contributed by atoms with Crippen LogP contribution in [0.25, 0.3) is 11.0 Å². The van der Waals surface area contributed by atoms with E-state index in [4.69, 9.17) is 0 Å². The van der Waals surface area contributed by atoms with Gasteiger partial charge in [-0.1, -0.05) is 0 Å². The highest BCUT2D eigenvalue weighted by Gasteiger charge is 2.33. The summed E-state index contributed by atoms with van der Waals surface area (Å²) in [7, 11) is 1.82. The van der Waals surface area contributed by atoms with E-state index in [9.17, 15) is 18.7 Å². The first-order valence-corrected chi connectivity index (χ1v) is 7.19. The number of aromatic nitrogens is 2. The van der Waals surface area contributed by atoms with Crippen LogP contribution in [0.2, 0.25) is 0 Å². The molecule has 1 aliphatic heterocycles. The number of hydrogen-bond acceptors (Lipinski definition) is 3. The number of alkyl halides is 2. The molecule has 2 aromatic rings. The number of aryl methyl sites for hydroxylation is 1. The predicted octanol–water partition coefficient (Wildman–Crippen LogP) is 2.90. The second kappa shape index (κ2) is 5.23. The molecule has 5 nitrogen and oxygen atoms in total. The van der Waals surface area contributed by atoms with E-state index in [1.54, 1.807) is 27.8 Å². The van der Waals surface area contributed by atoms with Crippen LogP contribution in [-0.4, -0.2) is 39.6 Å². The first kappa shape index (κ1) is 14.7. The molecule has 0 aromatic carbocycles. The van der Waals surface area contributed by atoms with Crippen LogP contribution in [0.3, 0.4) is 0 Å². The molecule has 0 saturated carbocycles. The van der Waals surface area contributed by atoms with Gasteiger partial charge in [-0.15, -0.1) is 0 Å². The molecule has 2 aromatic heterocycles. The van der Waals surface area contributed by atoms with E-state index in [1.807, 2.05) is 7.05 Å². The van der Waals surface area contributed by atoms with Crippen LogP contribution in [0.5, 0.6) is 0 Å². The zero-order valence-corrected chi connectivity index (χ0v) is 12.2. The lowest BCUT2D eigenvalue weighted by Crippen LogP contribution is -2.28. The van der Waals surface area contributed by atoms with Crippen molar-refractivity contribution in [3.63, 3.8) is 0 Å². The Bertz CT molecular complexity index is 727. The molecule has 0 amide bonds. The molecular weight excluding hydrogens is 292 g/mol. The van der Waals surface area contributed by atoms with Crippen LogP contribution >= 0.6 is 0 Å². The standard InChI is InChI=1S/C15H17F2N3O2/c1-19-7-3-10-9-11(14(21)22)13(18-12(10)19)20-6-2-4-15(16,17)5-8-20/h3,7,9H,2,4-6,8H2,1H3,(H,21,22). The number of nitrogens with zero attached hydrogens (tertiary/aromatic N) is 3. The Morgan fingerprint density at radius 1 is 1.36 bits per heavy atom. The number of aromatic carboxylic acids is 1. The third-order valence-electron chi connectivity index (χ3n) is 4.07. The molecule has 3 heterocycles. The van der Waals surface area contributed by atoms with Gasteiger partial charge < -0.3 is 14.6 Å². The number of rotatable bonds is 2. The van der Waals surface area contributed by atoms with Crippen molar-refractivity contribution in [2.24, 2.45) is 7.05 Å². The van der Waals surface area contributed by atoms with Crippen LogP contribution in [-0.2, 0) is 7.05 Å². The summed E-state index contributed by atoms with van der Waals surface area (Å²) in [5, 5.41) is 10.1. The smallest absolute Gasteiger partial charge is 0.339 e. The number of pyridine rings is 1. The lowest BCUT2D eigenvalue weighted by molar-refractivity contribution is -0.0102. The van der Waals surface area contributed by atoms with Gasteiger partial charge >= 0.3 is 5.97 Å². The number of carboxylic acids is 1. The van der Waals surface area contributed by atoms with Gasteiger partial charge in [-0.05, 0) is 18.6 Å². The third kappa shape index (κ3) is 2.63. The lowest BCUT2D eigenvalue weighted by atomic mass is 10.1. The summed E-state index contributed by atoms with van der Waals surface area (Å²) in [5.74, 6) is -3.50. The monoisotopic (exact) mass is 309 g/mol. The largest absolute Gasteiger partial charge is 0.478 e. The van der Waals surface area contributed by atoms with Crippen molar-refractivity contribution in [3.8, 4) is 0 Å². The zero-order chi connectivity index (χ0) is 15.9. The summed E-state index contributed by atoms with van der Waals surface area (Å²) in [4.78, 5) is 17.6. The summed E-state index contributed by atoms with van der Waals surface area (Å²) >= 11 is 0. The van der Waals surface area contributed by atoms with Gasteiger partial charge in [-0.25, -0.2) is 18.6 Å². The molecule has 118 valence electrons. The number of carbonyl (C=O) groups is 1. The van der Waals surface area contributed by atoms with E-state index in [2.05, 4.69) is 4.98 Å². The van der Waals surface area contributed by atoms with Crippen molar-refractivity contribution in [1.29, 1.82) is 0 Å². The van der Waals surface area contributed by atoms with Crippen LogP contribution in [0.15, 0.2) is 18.3 Å². The molecule has 0 atom stereocenters. The average Bonchev–Trinajstić information content (AvgIpc) is 2.71. The quantitative estimate of drug-likeness (QED) is 0.926. The topological polar surface area (TPSA) is 58.4 Å². The van der Waals surface area contributed by atoms with Gasteiger partial charge in [0.05, 0.1) is 0 Å². The maximum absolute atomic E-state index is 13.5. The summed E-state index contributed by atoms with van der Waals surface area (Å²) in [6.07, 6.45) is 1.67. The first-order valence-electron chi connectivity index (χ1n) is 7.19. The van der Waals surface area contributed by atoms with Crippen molar-refractivity contribution < 1.29 is 18.7 Å². The maximum atomic E-state index is 13.5. The highest BCUT2D eigenvalue weighted by atomic mass is 19.3. The fourth-order valence-corrected chi connectivity index (χ4v) is 2.85. The SMILES string of the molecule is Cn1ccc2cc(C(=O)O)c(N3CCCC(F)(F)CC3)nc21. The summed E-state index contributed by atoms with van der Waals surface area (Å²) in [6.45, 7) is 0.495. The predicted molar refractivity (Wildman–Crippen MR) is 78.7 cm³/mol. The average molecular weight is 309 g/mol. The Balaban J connectivity index is 2.06. The van der Waals surface area contributed by atoms with Gasteiger partial charge in [0.15, 0.2) is 0 Å². The first-order chi connectivity index (χ1) is 10.4. The van der Waals surface area contributed by atoms with E-state index < -0.39 is 11.9 Å². The maximum Gasteiger partial charge on any atom is 0.339 e. The number of hydrogen-bond donors (Lipinski definition) is 1. The van der Waals surface area contributed by atoms with E-state index in [-0.39, 0.29) is 30.8 Å². The van der Waals surface area contributed by atoms with Gasteiger partial charge in [0.25, 0.3) is 0 Å². The third-order valence-corrected chi connectivity index (χ3v) is 4.07. The highest BCUT2D eigenvalue weighted by Crippen LogP contribution is 2.31. The molecular formula is C15H17F2N3O2. The zero-order valence-electron chi connectivity index (χ0n) is 12.2. The fraction of sp³-hybridized carbons (Fsp3) is 0.467. The lowest BCUT2D eigenvalue weighted by Gasteiger charge is -2.23. The molecule has 22 heavy (non-hydrogen) atoms. The number of carboxylic acid groups (broad SMARTS) is 1. The van der Waals surface area contributed by atoms with Gasteiger partial charge in [-0.3, -0.25) is 0 Å². The molecule has 1 N–H and O–H groups in total. The van der Waals surface area contributed by atoms with Crippen LogP contribution in [0.4, 0.5) is 14.6 Å². The molecule has 0 radical (unpaired) electrons. The minimum Gasteiger partial charge on any atom is -0.478 e. The Labute approximate surface area is 126 Å². The van der Waals surface area contributed by atoms with Gasteiger partial charge in [0.1, 0.15) is 17.0 Å². The van der Waals surface area contributed by atoms with E-state index in [1.165, 1.54) is 0 Å². The van der Waals surface area contributed by atoms with Crippen LogP contribution < -0.4 is 4.90 Å². The molecule has 0 unspecified atom stereocenters. The van der Waals surface area contributed by atoms with Crippen molar-refractivity contribution in [2.45, 2.75) is 25.2 Å². The molecule has 7 heteroatoms. The molecule has 0 spiro atoms. The number of halogens is 2. The van der Waals surface area contributed by atoms with Crippen LogP contribution in [0, 0.1) is 0 Å². The summed E-state index contributed by atoms with van der Waals surface area (Å²) in [6, 6.07) is 3.35. The molecule has 1 fully saturated rings. The van der Waals surface area contributed by atoms with Gasteiger partial charge in [0.2, 0.25) is 5.92 Å². The van der Waals surface area contributed by atoms with Crippen molar-refractivity contribution >= 4 is 22.8 Å². The minimum absolute atomic E-state index is 0.0592. The van der Waals surface area contributed by atoms with E-state index in [0.717, 1.165) is 5.39 Å². The molecule has 0 aliphatic carbocycles. The molecule has 0 bridgehead atoms. The molecule has 3 rings (SSSR count). The Kier molecular flexibility index (Phi) is 3.50. The van der Waals surface area contributed by atoms with Crippen molar-refractivity contribution in [2.75, 3.05) is 18.0 Å². The summed E-state index contributed by atoms with van der Waals surface area (Å²) < 4.78 is 28.8. The normalized spacial score (nSPS) is 18.4. The van der Waals surface area contributed by atoms with E-state index >= 15 is 0 Å². The Hall–Kier alpha value is -2.18. The second-order valence-corrected chi connectivity index (χ2v) is 5.70. The Morgan fingerprint density at radius 2 is 2.14 bits per heavy atom. The second-order valence-electron chi connectivity index (χ2n) is 5.70. The van der Waals surface area contributed by atoms with Crippen LogP contribution in [0.1, 0.15) is 29.6 Å². The van der Waals surface area contributed by atoms with Crippen molar-refractivity contribution in [1.82, 2.24) is 9.55 Å². The van der Waals surface area contributed by atoms with Gasteiger partial charge in [0, 0.05) is 44.6 Å². The minimum atomic E-state index is -2.69. The molecule has 1 saturated heterocycles. The Morgan fingerprint density at radius 3 is 2.86 bits per heavy atom. The fourth-order valence-electron chi connectivity index (χ4n) is 2.85. The van der Waals surface area contributed by atoms with Gasteiger partial charge in [-0.2, -0.15) is 0 Å². The highest BCUT2D eigenvalue weighted by molar-refractivity contribution is 5.97.